The van der Waals surface area contributed by atoms with E-state index in [0.29, 0.717) is 44.2 Å². The number of benzene rings is 2. The number of anilines is 1. The smallest absolute Gasteiger partial charge is 0.294 e. The quantitative estimate of drug-likeness (QED) is 0.448. The molecule has 2 heterocycles. The van der Waals surface area contributed by atoms with Gasteiger partial charge in [0.05, 0.1) is 29.7 Å². The molecule has 2 aliphatic heterocycles. The Kier molecular flexibility index (Phi) is 9.50. The molecule has 0 aromatic heterocycles. The maximum Gasteiger partial charge on any atom is 0.294 e. The molecule has 0 atom stereocenters. The average Bonchev–Trinajstić information content (AvgIpc) is 3.17. The number of ether oxygens (including phenoxy) is 3. The number of rotatable bonds is 9. The summed E-state index contributed by atoms with van der Waals surface area (Å²) in [5.41, 5.74) is 2.20. The van der Waals surface area contributed by atoms with E-state index in [1.165, 1.54) is 6.08 Å². The van der Waals surface area contributed by atoms with Crippen molar-refractivity contribution in [1.82, 2.24) is 9.80 Å². The lowest BCUT2D eigenvalue weighted by atomic mass is 10.1. The van der Waals surface area contributed by atoms with Crippen molar-refractivity contribution in [2.75, 3.05) is 51.4 Å². The molecule has 2 aromatic carbocycles. The van der Waals surface area contributed by atoms with Crippen LogP contribution in [0.5, 0.6) is 11.5 Å². The summed E-state index contributed by atoms with van der Waals surface area (Å²) in [5, 5.41) is 2.39. The van der Waals surface area contributed by atoms with Crippen LogP contribution in [-0.2, 0) is 19.1 Å². The van der Waals surface area contributed by atoms with E-state index in [-0.39, 0.29) is 46.4 Å². The van der Waals surface area contributed by atoms with Gasteiger partial charge < -0.3 is 24.4 Å². The number of nitrogens with one attached hydrogen (secondary N) is 1. The summed E-state index contributed by atoms with van der Waals surface area (Å²) in [6.45, 7) is 5.09. The molecule has 0 saturated carbocycles. The first-order valence-electron chi connectivity index (χ1n) is 12.3. The van der Waals surface area contributed by atoms with Crippen molar-refractivity contribution in [2.24, 2.45) is 0 Å². The molecule has 2 saturated heterocycles. The third kappa shape index (κ3) is 7.31. The first-order chi connectivity index (χ1) is 18.7. The number of carbonyl (C=O) groups is 4. The highest BCUT2D eigenvalue weighted by molar-refractivity contribution is 8.18. The molecule has 4 amide bonds. The molecule has 0 unspecified atom stereocenters. The fourth-order valence-electron chi connectivity index (χ4n) is 3.88. The van der Waals surface area contributed by atoms with E-state index >= 15 is 0 Å². The largest absolute Gasteiger partial charge is 0.490 e. The van der Waals surface area contributed by atoms with Gasteiger partial charge in [0.15, 0.2) is 18.1 Å². The molecule has 2 aromatic rings. The Bertz CT molecular complexity index is 1290. The lowest BCUT2D eigenvalue weighted by Crippen LogP contribution is -2.46. The van der Waals surface area contributed by atoms with Crippen LogP contribution in [0, 0.1) is 6.92 Å². The molecule has 1 N–H and O–H groups in total. The summed E-state index contributed by atoms with van der Waals surface area (Å²) in [5.74, 6) is -0.785. The van der Waals surface area contributed by atoms with E-state index in [0.717, 1.165) is 22.2 Å². The van der Waals surface area contributed by atoms with E-state index in [1.807, 2.05) is 19.1 Å². The van der Waals surface area contributed by atoms with Crippen molar-refractivity contribution in [3.8, 4) is 11.5 Å². The van der Waals surface area contributed by atoms with Crippen LogP contribution >= 0.6 is 23.4 Å². The Morgan fingerprint density at radius 1 is 1.13 bits per heavy atom. The van der Waals surface area contributed by atoms with Gasteiger partial charge in [-0.05, 0) is 61.5 Å². The minimum Gasteiger partial charge on any atom is -0.490 e. The SMILES string of the molecule is CCOc1cc(/C=C2/SC(=O)N(CC(=O)N3CCOCC3)C2=O)cc(Cl)c1OCC(=O)Nc1ccc(C)cc1. The second-order valence-corrected chi connectivity index (χ2v) is 10.1. The van der Waals surface area contributed by atoms with E-state index in [1.54, 1.807) is 36.1 Å². The number of carbonyl (C=O) groups excluding carboxylic acids is 4. The highest BCUT2D eigenvalue weighted by atomic mass is 35.5. The van der Waals surface area contributed by atoms with Crippen molar-refractivity contribution < 1.29 is 33.4 Å². The molecule has 0 radical (unpaired) electrons. The zero-order chi connectivity index (χ0) is 27.9. The van der Waals surface area contributed by atoms with Gasteiger partial charge in [-0.2, -0.15) is 0 Å². The topological polar surface area (TPSA) is 114 Å². The van der Waals surface area contributed by atoms with Crippen LogP contribution in [0.3, 0.4) is 0 Å². The highest BCUT2D eigenvalue weighted by Crippen LogP contribution is 2.39. The van der Waals surface area contributed by atoms with Gasteiger partial charge in [0, 0.05) is 18.8 Å². The Morgan fingerprint density at radius 2 is 1.85 bits per heavy atom. The Morgan fingerprint density at radius 3 is 2.54 bits per heavy atom. The number of hydrogen-bond acceptors (Lipinski definition) is 8. The van der Waals surface area contributed by atoms with Crippen molar-refractivity contribution >= 4 is 58.1 Å². The normalized spacial score (nSPS) is 16.5. The average molecular weight is 574 g/mol. The van der Waals surface area contributed by atoms with Gasteiger partial charge in [-0.3, -0.25) is 24.1 Å². The maximum atomic E-state index is 12.9. The van der Waals surface area contributed by atoms with Gasteiger partial charge in [-0.1, -0.05) is 29.3 Å². The minimum atomic E-state index is -0.561. The number of imide groups is 1. The number of nitrogens with zero attached hydrogens (tertiary/aromatic N) is 2. The van der Waals surface area contributed by atoms with E-state index in [9.17, 15) is 19.2 Å². The first-order valence-corrected chi connectivity index (χ1v) is 13.5. The molecule has 2 aliphatic rings. The number of morpholine rings is 1. The van der Waals surface area contributed by atoms with Crippen LogP contribution < -0.4 is 14.8 Å². The molecule has 0 bridgehead atoms. The summed E-state index contributed by atoms with van der Waals surface area (Å²) in [6, 6.07) is 10.5. The van der Waals surface area contributed by atoms with Crippen molar-refractivity contribution in [3.05, 3.63) is 57.5 Å². The van der Waals surface area contributed by atoms with Crippen molar-refractivity contribution in [2.45, 2.75) is 13.8 Å². The summed E-state index contributed by atoms with van der Waals surface area (Å²) < 4.78 is 16.6. The lowest BCUT2D eigenvalue weighted by Gasteiger charge is -2.28. The summed E-state index contributed by atoms with van der Waals surface area (Å²) >= 11 is 7.22. The zero-order valence-electron chi connectivity index (χ0n) is 21.5. The zero-order valence-corrected chi connectivity index (χ0v) is 23.1. The summed E-state index contributed by atoms with van der Waals surface area (Å²) in [4.78, 5) is 53.0. The van der Waals surface area contributed by atoms with Crippen molar-refractivity contribution in [1.29, 1.82) is 0 Å². The number of aryl methyl sites for hydroxylation is 1. The first kappa shape index (κ1) is 28.5. The van der Waals surface area contributed by atoms with Crippen LogP contribution in [0.2, 0.25) is 5.02 Å². The Balaban J connectivity index is 1.45. The summed E-state index contributed by atoms with van der Waals surface area (Å²) in [7, 11) is 0. The second-order valence-electron chi connectivity index (χ2n) is 8.73. The van der Waals surface area contributed by atoms with Crippen molar-refractivity contribution in [3.63, 3.8) is 0 Å². The van der Waals surface area contributed by atoms with Crippen LogP contribution in [0.1, 0.15) is 18.1 Å². The van der Waals surface area contributed by atoms with Gasteiger partial charge in [-0.15, -0.1) is 0 Å². The molecule has 206 valence electrons. The van der Waals surface area contributed by atoms with Crippen LogP contribution in [0.4, 0.5) is 10.5 Å². The van der Waals surface area contributed by atoms with Gasteiger partial charge in [0.1, 0.15) is 6.54 Å². The number of hydrogen-bond donors (Lipinski definition) is 1. The fourth-order valence-corrected chi connectivity index (χ4v) is 4.99. The predicted octanol–water partition coefficient (Wildman–Crippen LogP) is 3.96. The van der Waals surface area contributed by atoms with Gasteiger partial charge in [0.25, 0.3) is 17.1 Å². The third-order valence-corrected chi connectivity index (χ3v) is 7.03. The maximum absolute atomic E-state index is 12.9. The van der Waals surface area contributed by atoms with E-state index in [4.69, 9.17) is 25.8 Å². The molecule has 2 fully saturated rings. The van der Waals surface area contributed by atoms with Gasteiger partial charge in [-0.25, -0.2) is 0 Å². The van der Waals surface area contributed by atoms with Gasteiger partial charge in [0.2, 0.25) is 5.91 Å². The Labute approximate surface area is 235 Å². The third-order valence-electron chi connectivity index (χ3n) is 5.84. The molecule has 0 spiro atoms. The molecule has 12 heteroatoms. The Hall–Kier alpha value is -3.54. The molecule has 39 heavy (non-hydrogen) atoms. The molecular formula is C27H28ClN3O7S. The highest BCUT2D eigenvalue weighted by Gasteiger charge is 2.37. The lowest BCUT2D eigenvalue weighted by molar-refractivity contribution is -0.139. The van der Waals surface area contributed by atoms with Gasteiger partial charge >= 0.3 is 0 Å². The summed E-state index contributed by atoms with van der Waals surface area (Å²) in [6.07, 6.45) is 1.51. The van der Waals surface area contributed by atoms with Crippen LogP contribution in [0.25, 0.3) is 6.08 Å². The van der Waals surface area contributed by atoms with Crippen LogP contribution in [0.15, 0.2) is 41.3 Å². The minimum absolute atomic E-state index is 0.152. The number of thioether (sulfide) groups is 1. The number of halogens is 1. The molecule has 0 aliphatic carbocycles. The van der Waals surface area contributed by atoms with E-state index < -0.39 is 11.1 Å². The number of amides is 4. The predicted molar refractivity (Wildman–Crippen MR) is 148 cm³/mol. The monoisotopic (exact) mass is 573 g/mol. The van der Waals surface area contributed by atoms with Crippen LogP contribution in [-0.4, -0.2) is 78.8 Å². The molecule has 10 nitrogen and oxygen atoms in total. The molecule has 4 rings (SSSR count). The standard InChI is InChI=1S/C27H28ClN3O7S/c1-3-37-21-13-18(12-20(28)25(21)38-16-23(32)29-19-6-4-17(2)5-7-19)14-22-26(34)31(27(35)39-22)15-24(33)30-8-10-36-11-9-30/h4-7,12-14H,3,8-11,15-16H2,1-2H3,(H,29,32)/b22-14+. The second kappa shape index (κ2) is 13.0. The fraction of sp³-hybridized carbons (Fsp3) is 0.333. The molecular weight excluding hydrogens is 546 g/mol. The van der Waals surface area contributed by atoms with E-state index in [2.05, 4.69) is 5.32 Å².